The Morgan fingerprint density at radius 2 is 1.80 bits per heavy atom. The Balaban J connectivity index is 1.87. The highest BCUT2D eigenvalue weighted by atomic mass is 19.4. The number of aromatic nitrogens is 1. The minimum Gasteiger partial charge on any atom is -0.379 e. The van der Waals surface area contributed by atoms with E-state index in [9.17, 15) is 13.2 Å². The number of aryl methyl sites for hydroxylation is 1. The first-order valence-corrected chi connectivity index (χ1v) is 8.30. The lowest BCUT2D eigenvalue weighted by molar-refractivity contribution is -0.137. The number of rotatable bonds is 2. The topological polar surface area (TPSA) is 14.2 Å². The molecular weight excluding hydrogens is 327 g/mol. The van der Waals surface area contributed by atoms with Crippen LogP contribution in [0.3, 0.4) is 0 Å². The molecule has 1 aliphatic heterocycles. The summed E-state index contributed by atoms with van der Waals surface area (Å²) < 4.78 is 46.3. The fourth-order valence-corrected chi connectivity index (χ4v) is 3.53. The van der Waals surface area contributed by atoms with Crippen molar-refractivity contribution < 1.29 is 17.9 Å². The van der Waals surface area contributed by atoms with E-state index in [-0.39, 0.29) is 6.04 Å². The first kappa shape index (κ1) is 16.2. The maximum Gasteiger partial charge on any atom is 0.416 e. The summed E-state index contributed by atoms with van der Waals surface area (Å²) in [5, 5.41) is 1.10. The number of hydrogen-bond acceptors (Lipinski definition) is 1. The van der Waals surface area contributed by atoms with E-state index in [4.69, 9.17) is 4.74 Å². The van der Waals surface area contributed by atoms with Gasteiger partial charge in [0, 0.05) is 23.2 Å². The summed E-state index contributed by atoms with van der Waals surface area (Å²) in [6.45, 7) is 3.38. The molecular formula is C20H18F3NO. The van der Waals surface area contributed by atoms with E-state index in [0.29, 0.717) is 13.2 Å². The van der Waals surface area contributed by atoms with Crippen molar-refractivity contribution in [1.82, 2.24) is 4.57 Å². The van der Waals surface area contributed by atoms with E-state index in [1.165, 1.54) is 0 Å². The van der Waals surface area contributed by atoms with Gasteiger partial charge in [-0.1, -0.05) is 23.8 Å². The van der Waals surface area contributed by atoms with Crippen molar-refractivity contribution in [2.45, 2.75) is 25.6 Å². The number of halogens is 3. The molecule has 1 unspecified atom stereocenters. The maximum atomic E-state index is 12.8. The van der Waals surface area contributed by atoms with Crippen molar-refractivity contribution >= 4 is 10.9 Å². The Bertz CT molecular complexity index is 903. The van der Waals surface area contributed by atoms with Gasteiger partial charge >= 0.3 is 6.18 Å². The molecule has 5 heteroatoms. The van der Waals surface area contributed by atoms with Crippen LogP contribution in [-0.2, 0) is 10.9 Å². The Kier molecular flexibility index (Phi) is 3.84. The predicted molar refractivity (Wildman–Crippen MR) is 91.6 cm³/mol. The Morgan fingerprint density at radius 3 is 2.44 bits per heavy atom. The molecule has 0 N–H and O–H groups in total. The van der Waals surface area contributed by atoms with Crippen molar-refractivity contribution in [3.8, 4) is 11.3 Å². The highest BCUT2D eigenvalue weighted by Gasteiger charge is 2.30. The van der Waals surface area contributed by atoms with Crippen molar-refractivity contribution in [3.05, 3.63) is 59.7 Å². The Hall–Kier alpha value is -2.27. The van der Waals surface area contributed by atoms with Gasteiger partial charge in [-0.25, -0.2) is 0 Å². The molecule has 4 rings (SSSR count). The van der Waals surface area contributed by atoms with Crippen LogP contribution < -0.4 is 0 Å². The average Bonchev–Trinajstić information content (AvgIpc) is 3.20. The molecule has 0 aliphatic carbocycles. The number of benzene rings is 2. The highest BCUT2D eigenvalue weighted by Crippen LogP contribution is 2.36. The van der Waals surface area contributed by atoms with Gasteiger partial charge in [-0.15, -0.1) is 0 Å². The normalized spacial score (nSPS) is 18.2. The highest BCUT2D eigenvalue weighted by molar-refractivity contribution is 5.88. The van der Waals surface area contributed by atoms with Crippen LogP contribution in [-0.4, -0.2) is 17.8 Å². The average molecular weight is 345 g/mol. The van der Waals surface area contributed by atoms with Gasteiger partial charge in [0.05, 0.1) is 18.2 Å². The van der Waals surface area contributed by atoms with Crippen LogP contribution in [0, 0.1) is 6.92 Å². The molecule has 2 aromatic carbocycles. The Morgan fingerprint density at radius 1 is 1.04 bits per heavy atom. The summed E-state index contributed by atoms with van der Waals surface area (Å²) in [7, 11) is 0. The molecule has 2 heterocycles. The van der Waals surface area contributed by atoms with Crippen molar-refractivity contribution in [1.29, 1.82) is 0 Å². The molecule has 1 aromatic heterocycles. The monoisotopic (exact) mass is 345 g/mol. The molecule has 2 nitrogen and oxygen atoms in total. The SMILES string of the molecule is Cc1ccc2c(c1)cc(-c1ccc(C(F)(F)F)cc1)n2C1CCOC1. The van der Waals surface area contributed by atoms with Crippen LogP contribution in [0.1, 0.15) is 23.6 Å². The third kappa shape index (κ3) is 2.93. The number of alkyl halides is 3. The van der Waals surface area contributed by atoms with Crippen LogP contribution in [0.5, 0.6) is 0 Å². The van der Waals surface area contributed by atoms with Gasteiger partial charge in [0.2, 0.25) is 0 Å². The van der Waals surface area contributed by atoms with Gasteiger partial charge in [0.25, 0.3) is 0 Å². The van der Waals surface area contributed by atoms with Gasteiger partial charge in [-0.2, -0.15) is 13.2 Å². The molecule has 0 radical (unpaired) electrons. The zero-order chi connectivity index (χ0) is 17.6. The van der Waals surface area contributed by atoms with Crippen LogP contribution in [0.25, 0.3) is 22.2 Å². The van der Waals surface area contributed by atoms with E-state index < -0.39 is 11.7 Å². The second kappa shape index (κ2) is 5.92. The van der Waals surface area contributed by atoms with E-state index in [0.717, 1.165) is 46.3 Å². The van der Waals surface area contributed by atoms with Crippen LogP contribution >= 0.6 is 0 Å². The van der Waals surface area contributed by atoms with Crippen LogP contribution in [0.15, 0.2) is 48.5 Å². The summed E-state index contributed by atoms with van der Waals surface area (Å²) >= 11 is 0. The van der Waals surface area contributed by atoms with Crippen molar-refractivity contribution in [3.63, 3.8) is 0 Å². The molecule has 1 aliphatic rings. The summed E-state index contributed by atoms with van der Waals surface area (Å²) in [4.78, 5) is 0. The number of ether oxygens (including phenoxy) is 1. The molecule has 1 saturated heterocycles. The second-order valence-electron chi connectivity index (χ2n) is 6.55. The lowest BCUT2D eigenvalue weighted by Gasteiger charge is -2.17. The lowest BCUT2D eigenvalue weighted by atomic mass is 10.1. The number of hydrogen-bond donors (Lipinski definition) is 0. The smallest absolute Gasteiger partial charge is 0.379 e. The zero-order valence-electron chi connectivity index (χ0n) is 13.8. The standard InChI is InChI=1S/C20H18F3NO/c1-13-2-7-18-15(10-13)11-19(24(18)17-8-9-25-12-17)14-3-5-16(6-4-14)20(21,22)23/h2-7,10-11,17H,8-9,12H2,1H3. The van der Waals surface area contributed by atoms with Crippen molar-refractivity contribution in [2.75, 3.05) is 13.2 Å². The molecule has 0 spiro atoms. The Labute approximate surface area is 143 Å². The van der Waals surface area contributed by atoms with Gasteiger partial charge in [-0.05, 0) is 49.2 Å². The molecule has 0 amide bonds. The van der Waals surface area contributed by atoms with Crippen LogP contribution in [0.2, 0.25) is 0 Å². The molecule has 0 bridgehead atoms. The van der Waals surface area contributed by atoms with Gasteiger partial charge < -0.3 is 9.30 Å². The quantitative estimate of drug-likeness (QED) is 0.590. The number of fused-ring (bicyclic) bond motifs is 1. The first-order chi connectivity index (χ1) is 11.9. The third-order valence-corrected chi connectivity index (χ3v) is 4.77. The van der Waals surface area contributed by atoms with E-state index in [1.807, 2.05) is 6.92 Å². The summed E-state index contributed by atoms with van der Waals surface area (Å²) in [6.07, 6.45) is -3.41. The van der Waals surface area contributed by atoms with Gasteiger partial charge in [-0.3, -0.25) is 0 Å². The molecule has 0 saturated carbocycles. The summed E-state index contributed by atoms with van der Waals surface area (Å²) in [5.74, 6) is 0. The second-order valence-corrected chi connectivity index (χ2v) is 6.55. The minimum atomic E-state index is -4.32. The number of nitrogens with zero attached hydrogens (tertiary/aromatic N) is 1. The van der Waals surface area contributed by atoms with E-state index in [1.54, 1.807) is 12.1 Å². The van der Waals surface area contributed by atoms with Gasteiger partial charge in [0.1, 0.15) is 0 Å². The maximum absolute atomic E-state index is 12.8. The summed E-state index contributed by atoms with van der Waals surface area (Å²) in [6, 6.07) is 13.9. The van der Waals surface area contributed by atoms with Crippen molar-refractivity contribution in [2.24, 2.45) is 0 Å². The fraction of sp³-hybridized carbons (Fsp3) is 0.300. The fourth-order valence-electron chi connectivity index (χ4n) is 3.53. The molecule has 1 fully saturated rings. The summed E-state index contributed by atoms with van der Waals surface area (Å²) in [5.41, 5.74) is 3.35. The van der Waals surface area contributed by atoms with Crippen LogP contribution in [0.4, 0.5) is 13.2 Å². The zero-order valence-corrected chi connectivity index (χ0v) is 13.8. The predicted octanol–water partition coefficient (Wildman–Crippen LogP) is 5.60. The molecule has 3 aromatic rings. The lowest BCUT2D eigenvalue weighted by Crippen LogP contribution is -2.10. The van der Waals surface area contributed by atoms with E-state index >= 15 is 0 Å². The largest absolute Gasteiger partial charge is 0.416 e. The minimum absolute atomic E-state index is 0.206. The third-order valence-electron chi connectivity index (χ3n) is 4.77. The molecule has 130 valence electrons. The first-order valence-electron chi connectivity index (χ1n) is 8.30. The van der Waals surface area contributed by atoms with E-state index in [2.05, 4.69) is 28.8 Å². The van der Waals surface area contributed by atoms with Gasteiger partial charge in [0.15, 0.2) is 0 Å². The molecule has 1 atom stereocenters. The molecule has 25 heavy (non-hydrogen) atoms.